The fraction of sp³-hybridized carbons (Fsp3) is 0.429. The fourth-order valence-corrected chi connectivity index (χ4v) is 1.92. The van der Waals surface area contributed by atoms with Crippen molar-refractivity contribution in [1.29, 1.82) is 5.26 Å². The first-order valence-electron chi connectivity index (χ1n) is 6.08. The highest BCUT2D eigenvalue weighted by Gasteiger charge is 2.22. The molecule has 0 saturated heterocycles. The van der Waals surface area contributed by atoms with Crippen molar-refractivity contribution >= 4 is 5.78 Å². The maximum Gasteiger partial charge on any atom is 0.231 e. The molecule has 0 saturated carbocycles. The molecule has 94 valence electrons. The molecule has 0 fully saturated rings. The zero-order valence-corrected chi connectivity index (χ0v) is 10.3. The molecule has 1 aromatic carbocycles. The molecule has 18 heavy (non-hydrogen) atoms. The second-order valence-electron chi connectivity index (χ2n) is 4.24. The number of ether oxygens (including phenoxy) is 2. The summed E-state index contributed by atoms with van der Waals surface area (Å²) in [5.41, 5.74) is 0.683. The summed E-state index contributed by atoms with van der Waals surface area (Å²) in [6.07, 6.45) is 2.22. The van der Waals surface area contributed by atoms with Gasteiger partial charge in [0, 0.05) is 6.42 Å². The van der Waals surface area contributed by atoms with Crippen LogP contribution in [-0.4, -0.2) is 12.6 Å². The van der Waals surface area contributed by atoms with E-state index in [1.165, 1.54) is 0 Å². The van der Waals surface area contributed by atoms with E-state index in [2.05, 4.69) is 6.07 Å². The highest BCUT2D eigenvalue weighted by Crippen LogP contribution is 2.35. The quantitative estimate of drug-likeness (QED) is 0.800. The fourth-order valence-electron chi connectivity index (χ4n) is 1.92. The molecule has 0 radical (unpaired) electrons. The molecule has 2 rings (SSSR count). The summed E-state index contributed by atoms with van der Waals surface area (Å²) in [6.45, 7) is 2.22. The first-order chi connectivity index (χ1) is 8.76. The topological polar surface area (TPSA) is 59.3 Å². The van der Waals surface area contributed by atoms with Crippen LogP contribution in [0.15, 0.2) is 18.2 Å². The smallest absolute Gasteiger partial charge is 0.231 e. The maximum atomic E-state index is 11.9. The monoisotopic (exact) mass is 245 g/mol. The largest absolute Gasteiger partial charge is 0.454 e. The Bertz CT molecular complexity index is 490. The molecular formula is C14H15NO3. The molecule has 1 unspecified atom stereocenters. The minimum atomic E-state index is -0.703. The lowest BCUT2D eigenvalue weighted by Gasteiger charge is -2.08. The number of hydrogen-bond donors (Lipinski definition) is 0. The van der Waals surface area contributed by atoms with Crippen molar-refractivity contribution in [2.45, 2.75) is 32.1 Å². The number of carbonyl (C=O) groups is 1. The van der Waals surface area contributed by atoms with E-state index in [4.69, 9.17) is 14.7 Å². The van der Waals surface area contributed by atoms with Gasteiger partial charge in [0.1, 0.15) is 5.92 Å². The normalized spacial score (nSPS) is 14.0. The Labute approximate surface area is 106 Å². The van der Waals surface area contributed by atoms with Gasteiger partial charge in [-0.05, 0) is 24.1 Å². The van der Waals surface area contributed by atoms with E-state index in [0.29, 0.717) is 23.5 Å². The zero-order valence-electron chi connectivity index (χ0n) is 10.3. The van der Waals surface area contributed by atoms with Crippen LogP contribution >= 0.6 is 0 Å². The summed E-state index contributed by atoms with van der Waals surface area (Å²) in [5.74, 6) is 0.539. The third kappa shape index (κ3) is 2.45. The van der Waals surface area contributed by atoms with E-state index in [-0.39, 0.29) is 12.6 Å². The Morgan fingerprint density at radius 3 is 2.94 bits per heavy atom. The Morgan fingerprint density at radius 1 is 1.44 bits per heavy atom. The SMILES string of the molecule is CCCCC(=O)C(C#N)c1ccc2c(c1)OCO2. The molecular weight excluding hydrogens is 230 g/mol. The molecule has 0 bridgehead atoms. The number of nitrogens with zero attached hydrogens (tertiary/aromatic N) is 1. The lowest BCUT2D eigenvalue weighted by Crippen LogP contribution is -2.10. The molecule has 0 amide bonds. The van der Waals surface area contributed by atoms with Crippen molar-refractivity contribution in [3.63, 3.8) is 0 Å². The van der Waals surface area contributed by atoms with E-state index in [1.807, 2.05) is 6.92 Å². The van der Waals surface area contributed by atoms with Crippen LogP contribution in [0.25, 0.3) is 0 Å². The van der Waals surface area contributed by atoms with E-state index < -0.39 is 5.92 Å². The number of fused-ring (bicyclic) bond motifs is 1. The van der Waals surface area contributed by atoms with Gasteiger partial charge in [0.25, 0.3) is 0 Å². The summed E-state index contributed by atoms with van der Waals surface area (Å²) in [6, 6.07) is 7.29. The number of benzene rings is 1. The van der Waals surface area contributed by atoms with Crippen molar-refractivity contribution in [3.8, 4) is 17.6 Å². The van der Waals surface area contributed by atoms with Gasteiger partial charge in [-0.2, -0.15) is 5.26 Å². The highest BCUT2D eigenvalue weighted by molar-refractivity contribution is 5.88. The number of Topliss-reactive ketones (excluding diaryl/α,β-unsaturated/α-hetero) is 1. The van der Waals surface area contributed by atoms with Crippen molar-refractivity contribution in [2.24, 2.45) is 0 Å². The minimum absolute atomic E-state index is 0.0294. The Balaban J connectivity index is 2.18. The summed E-state index contributed by atoms with van der Waals surface area (Å²) in [7, 11) is 0. The molecule has 1 aromatic rings. The van der Waals surface area contributed by atoms with Crippen LogP contribution in [0.1, 0.15) is 37.7 Å². The maximum absolute atomic E-state index is 11.9. The predicted molar refractivity (Wildman–Crippen MR) is 65.5 cm³/mol. The van der Waals surface area contributed by atoms with Crippen LogP contribution in [-0.2, 0) is 4.79 Å². The molecule has 0 N–H and O–H groups in total. The van der Waals surface area contributed by atoms with Gasteiger partial charge < -0.3 is 9.47 Å². The third-order valence-corrected chi connectivity index (χ3v) is 2.96. The number of nitriles is 1. The summed E-state index contributed by atoms with van der Waals surface area (Å²) in [4.78, 5) is 11.9. The lowest BCUT2D eigenvalue weighted by atomic mass is 9.93. The van der Waals surface area contributed by atoms with Crippen molar-refractivity contribution in [3.05, 3.63) is 23.8 Å². The number of hydrogen-bond acceptors (Lipinski definition) is 4. The molecule has 1 aliphatic rings. The lowest BCUT2D eigenvalue weighted by molar-refractivity contribution is -0.119. The van der Waals surface area contributed by atoms with Crippen LogP contribution in [0.3, 0.4) is 0 Å². The summed E-state index contributed by atoms with van der Waals surface area (Å²) in [5, 5.41) is 9.15. The van der Waals surface area contributed by atoms with Crippen molar-refractivity contribution in [2.75, 3.05) is 6.79 Å². The van der Waals surface area contributed by atoms with Crippen LogP contribution in [0.5, 0.6) is 11.5 Å². The number of rotatable bonds is 5. The van der Waals surface area contributed by atoms with E-state index in [0.717, 1.165) is 12.8 Å². The molecule has 0 spiro atoms. The van der Waals surface area contributed by atoms with Gasteiger partial charge >= 0.3 is 0 Å². The Morgan fingerprint density at radius 2 is 2.22 bits per heavy atom. The van der Waals surface area contributed by atoms with E-state index in [9.17, 15) is 4.79 Å². The van der Waals surface area contributed by atoms with Gasteiger partial charge in [-0.3, -0.25) is 4.79 Å². The minimum Gasteiger partial charge on any atom is -0.454 e. The van der Waals surface area contributed by atoms with Gasteiger partial charge in [0.05, 0.1) is 6.07 Å². The summed E-state index contributed by atoms with van der Waals surface area (Å²) >= 11 is 0. The van der Waals surface area contributed by atoms with Gasteiger partial charge in [0.15, 0.2) is 17.3 Å². The molecule has 0 aliphatic carbocycles. The Hall–Kier alpha value is -2.02. The first-order valence-corrected chi connectivity index (χ1v) is 6.08. The first kappa shape index (κ1) is 12.4. The van der Waals surface area contributed by atoms with Crippen molar-refractivity contribution < 1.29 is 14.3 Å². The molecule has 1 atom stereocenters. The Kier molecular flexibility index (Phi) is 3.83. The van der Waals surface area contributed by atoms with Crippen LogP contribution in [0, 0.1) is 11.3 Å². The highest BCUT2D eigenvalue weighted by atomic mass is 16.7. The molecule has 4 nitrogen and oxygen atoms in total. The average Bonchev–Trinajstić information content (AvgIpc) is 2.84. The van der Waals surface area contributed by atoms with Crippen LogP contribution in [0.2, 0.25) is 0 Å². The number of unbranched alkanes of at least 4 members (excludes halogenated alkanes) is 1. The predicted octanol–water partition coefficient (Wildman–Crippen LogP) is 2.78. The second kappa shape index (κ2) is 5.54. The standard InChI is InChI=1S/C14H15NO3/c1-2-3-4-12(16)11(8-15)10-5-6-13-14(7-10)18-9-17-13/h5-7,11H,2-4,9H2,1H3. The summed E-state index contributed by atoms with van der Waals surface area (Å²) < 4.78 is 10.5. The van der Waals surface area contributed by atoms with Crippen LogP contribution < -0.4 is 9.47 Å². The molecule has 0 aromatic heterocycles. The van der Waals surface area contributed by atoms with Crippen molar-refractivity contribution in [1.82, 2.24) is 0 Å². The zero-order chi connectivity index (χ0) is 13.0. The second-order valence-corrected chi connectivity index (χ2v) is 4.24. The third-order valence-electron chi connectivity index (χ3n) is 2.96. The van der Waals surface area contributed by atoms with Gasteiger partial charge in [-0.25, -0.2) is 0 Å². The average molecular weight is 245 g/mol. The molecule has 1 aliphatic heterocycles. The van der Waals surface area contributed by atoms with Gasteiger partial charge in [-0.1, -0.05) is 19.4 Å². The van der Waals surface area contributed by atoms with E-state index in [1.54, 1.807) is 18.2 Å². The van der Waals surface area contributed by atoms with Gasteiger partial charge in [0.2, 0.25) is 6.79 Å². The number of carbonyl (C=O) groups excluding carboxylic acids is 1. The van der Waals surface area contributed by atoms with Crippen LogP contribution in [0.4, 0.5) is 0 Å². The molecule has 4 heteroatoms. The van der Waals surface area contributed by atoms with Gasteiger partial charge in [-0.15, -0.1) is 0 Å². The van der Waals surface area contributed by atoms with E-state index >= 15 is 0 Å². The number of ketones is 1. The molecule has 1 heterocycles.